The second-order valence-electron chi connectivity index (χ2n) is 9.72. The van der Waals surface area contributed by atoms with Gasteiger partial charge in [-0.05, 0) is 87.6 Å². The predicted molar refractivity (Wildman–Crippen MR) is 220 cm³/mol. The van der Waals surface area contributed by atoms with Crippen LogP contribution in [0.1, 0.15) is 12.8 Å². The molecule has 1 saturated heterocycles. The van der Waals surface area contributed by atoms with Gasteiger partial charge in [0.05, 0.1) is 0 Å². The van der Waals surface area contributed by atoms with E-state index in [9.17, 15) is 0 Å². The fourth-order valence-corrected chi connectivity index (χ4v) is 9.30. The van der Waals surface area contributed by atoms with Crippen LogP contribution in [0, 0.1) is 71.0 Å². The van der Waals surface area contributed by atoms with Crippen LogP contribution in [-0.2, 0) is 34.7 Å². The van der Waals surface area contributed by atoms with Crippen LogP contribution in [0.5, 0.6) is 0 Å². The Kier molecular flexibility index (Phi) is 86.0. The average Bonchev–Trinajstić information content (AvgIpc) is 3.29. The van der Waals surface area contributed by atoms with Crippen LogP contribution in [0.3, 0.4) is 0 Å². The predicted octanol–water partition coefficient (Wildman–Crippen LogP) is 1.38. The summed E-state index contributed by atoms with van der Waals surface area (Å²) in [6, 6.07) is 43.8. The molecule has 316 valence electrons. The van der Waals surface area contributed by atoms with Gasteiger partial charge in [0.15, 0.2) is 0 Å². The molecule has 13 N–H and O–H groups in total. The minimum atomic E-state index is -1.91. The summed E-state index contributed by atoms with van der Waals surface area (Å²) in [6.45, 7) is 37.4. The third kappa shape index (κ3) is 32.6. The maximum absolute atomic E-state index is 6.25. The van der Waals surface area contributed by atoms with Crippen molar-refractivity contribution in [3.63, 3.8) is 0 Å². The molecule has 1 aliphatic rings. The van der Waals surface area contributed by atoms with E-state index in [-0.39, 0.29) is 56.6 Å². The molecule has 0 atom stereocenters. The van der Waals surface area contributed by atoms with Crippen molar-refractivity contribution in [2.75, 3.05) is 52.4 Å². The van der Waals surface area contributed by atoms with Gasteiger partial charge in [-0.2, -0.15) is 0 Å². The van der Waals surface area contributed by atoms with Gasteiger partial charge < -0.3 is 114 Å². The smallest absolute Gasteiger partial charge is 0.870 e. The summed E-state index contributed by atoms with van der Waals surface area (Å²) in [5, 5.41) is 68.7. The Morgan fingerprint density at radius 2 is 0.492 bits per heavy atom. The van der Waals surface area contributed by atoms with Crippen LogP contribution >= 0.6 is 7.26 Å². The first-order valence-corrected chi connectivity index (χ1v) is 17.7. The Hall–Kier alpha value is -5.09. The Morgan fingerprint density at radius 1 is 0.339 bits per heavy atom. The average molecular weight is 905 g/mol. The van der Waals surface area contributed by atoms with Crippen molar-refractivity contribution in [1.82, 2.24) is 21.3 Å². The van der Waals surface area contributed by atoms with Crippen LogP contribution in [0.15, 0.2) is 121 Å². The molecule has 4 aromatic rings. The molecule has 5 rings (SSSR count). The van der Waals surface area contributed by atoms with E-state index in [0.717, 1.165) is 52.4 Å². The third-order valence-electron chi connectivity index (χ3n) is 6.95. The quantitative estimate of drug-likeness (QED) is 0.0731. The van der Waals surface area contributed by atoms with Crippen molar-refractivity contribution in [1.29, 1.82) is 31.6 Å². The van der Waals surface area contributed by atoms with Gasteiger partial charge in [-0.3, -0.25) is 10.5 Å². The fourth-order valence-electron chi connectivity index (χ4n) is 5.03. The zero-order chi connectivity index (χ0) is 40.9. The van der Waals surface area contributed by atoms with Gasteiger partial charge in [0.1, 0.15) is 28.5 Å². The van der Waals surface area contributed by atoms with Gasteiger partial charge in [-0.15, -0.1) is 0 Å². The topological polar surface area (TPSA) is 356 Å². The van der Waals surface area contributed by atoms with Crippen molar-refractivity contribution in [3.05, 3.63) is 161 Å². The molecule has 59 heavy (non-hydrogen) atoms. The van der Waals surface area contributed by atoms with Crippen LogP contribution in [0.2, 0.25) is 0 Å². The summed E-state index contributed by atoms with van der Waals surface area (Å²) in [4.78, 5) is 0. The monoisotopic (exact) mass is 904 g/mol. The van der Waals surface area contributed by atoms with Crippen LogP contribution < -0.4 is 42.5 Å². The number of nitrogens with zero attached hydrogens (tertiary/aromatic N) is 6. The fraction of sp³-hybridized carbons (Fsp3) is 0.250. The van der Waals surface area contributed by atoms with E-state index in [0.29, 0.717) is 0 Å². The van der Waals surface area contributed by atoms with Gasteiger partial charge >= 0.3 is 34.7 Å². The van der Waals surface area contributed by atoms with Gasteiger partial charge in [-0.25, -0.2) is 0 Å². The maximum atomic E-state index is 6.25. The Bertz CT molecular complexity index is 1220. The van der Waals surface area contributed by atoms with Gasteiger partial charge in [0, 0.05) is 26.2 Å². The van der Waals surface area contributed by atoms with Gasteiger partial charge in [0.2, 0.25) is 0 Å². The molecule has 4 aromatic carbocycles. The van der Waals surface area contributed by atoms with E-state index in [1.807, 2.05) is 0 Å². The van der Waals surface area contributed by atoms with Crippen molar-refractivity contribution < 1.29 is 67.1 Å². The minimum Gasteiger partial charge on any atom is -0.870 e. The maximum Gasteiger partial charge on any atom is 3.00 e. The molecule has 2 radical (unpaired) electrons. The molecule has 1 aliphatic heterocycles. The molecule has 0 amide bonds. The first-order valence-electron chi connectivity index (χ1n) is 15.9. The number of nitrogens with one attached hydrogen (secondary N) is 4. The first-order chi connectivity index (χ1) is 26.4. The molecule has 16 nitrogen and oxygen atoms in total. The molecule has 19 heteroatoms. The minimum absolute atomic E-state index is 0. The van der Waals surface area contributed by atoms with Crippen molar-refractivity contribution in [3.8, 4) is 0 Å². The summed E-state index contributed by atoms with van der Waals surface area (Å²) < 4.78 is 0. The van der Waals surface area contributed by atoms with Gasteiger partial charge in [-0.1, -0.05) is 72.8 Å². The van der Waals surface area contributed by atoms with E-state index < -0.39 is 7.26 Å². The molecule has 0 spiro atoms. The second-order valence-corrected chi connectivity index (χ2v) is 13.1. The molecular weight excluding hydrogens is 851 g/mol. The summed E-state index contributed by atoms with van der Waals surface area (Å²) in [6.07, 6.45) is 2.44. The number of rotatable bonds is 4. The summed E-state index contributed by atoms with van der Waals surface area (Å²) >= 11 is 0. The van der Waals surface area contributed by atoms with E-state index in [4.69, 9.17) is 81.5 Å². The van der Waals surface area contributed by atoms with Crippen LogP contribution in [0.4, 0.5) is 0 Å². The molecule has 1 heterocycles. The summed E-state index contributed by atoms with van der Waals surface area (Å²) in [7, 11) is -1.91. The van der Waals surface area contributed by atoms with Crippen molar-refractivity contribution in [2.45, 2.75) is 12.8 Å². The SMILES string of the molecule is C1CNCCNCCCNCCNC1.O.O.O.OO.[C-]#N.[C-]#N.[C-]#N.[C-]#N.[C-]#N.[C-]#N.[Cr+3].[Cr+3].[OH-].c1ccc([P+](c2ccccc2)(c2ccccc2)c2ccccc2)cc1. The molecule has 1 fully saturated rings. The third-order valence-corrected chi connectivity index (χ3v) is 11.2. The van der Waals surface area contributed by atoms with E-state index in [1.54, 1.807) is 0 Å². The number of hydrogen-bond acceptors (Lipinski definition) is 13. The van der Waals surface area contributed by atoms with Crippen LogP contribution in [0.25, 0.3) is 0 Å². The molecule has 0 aromatic heterocycles. The summed E-state index contributed by atoms with van der Waals surface area (Å²) in [5.74, 6) is 0. The molecule has 0 unspecified atom stereocenters. The Labute approximate surface area is 372 Å². The molecule has 0 bridgehead atoms. The normalized spacial score (nSPS) is 10.7. The van der Waals surface area contributed by atoms with Crippen molar-refractivity contribution in [2.24, 2.45) is 0 Å². The number of hydrogen-bond donors (Lipinski definition) is 6. The molecular formula is C40H53Cr2N10O6P. The largest absolute Gasteiger partial charge is 3.00 e. The zero-order valence-electron chi connectivity index (χ0n) is 32.4. The number of benzene rings is 4. The van der Waals surface area contributed by atoms with Gasteiger partial charge in [0.25, 0.3) is 0 Å². The summed E-state index contributed by atoms with van der Waals surface area (Å²) in [5.41, 5.74) is 0. The van der Waals surface area contributed by atoms with E-state index in [1.165, 1.54) is 34.1 Å². The Morgan fingerprint density at radius 3 is 0.644 bits per heavy atom. The van der Waals surface area contributed by atoms with E-state index in [2.05, 4.69) is 143 Å². The van der Waals surface area contributed by atoms with E-state index >= 15 is 0 Å². The first kappa shape index (κ1) is 78.3. The van der Waals surface area contributed by atoms with Crippen LogP contribution in [-0.4, -0.2) is 84.8 Å². The molecule has 0 aliphatic carbocycles. The standard InChI is InChI=1S/C24H20P.C10H24N4.6CN.2Cr.H2O2.4H2O/c1-5-13-21(14-6-1)25(22-15-7-2-8-16-22,23-17-9-3-10-18-23)24-19-11-4-12-20-24;1-3-11-7-9-13-5-2-6-14-10-8-12-4-1;6*1-2;;;1-2;;;;/h1-20H;11-14H,1-10H2;;;;;;;;;1-2H;4*1H2/q+1;;6*-1;2*+3;;;;;/p-1. The zero-order valence-corrected chi connectivity index (χ0v) is 35.9. The second kappa shape index (κ2) is 64.8. The molecule has 0 saturated carbocycles. The Balaban J connectivity index is -0.0000000770. The van der Waals surface area contributed by atoms with Crippen molar-refractivity contribution >= 4 is 28.5 Å².